The van der Waals surface area contributed by atoms with Crippen molar-refractivity contribution in [2.45, 2.75) is 37.4 Å². The maximum atomic E-state index is 10.3. The van der Waals surface area contributed by atoms with E-state index in [9.17, 15) is 4.79 Å². The first kappa shape index (κ1) is 6.91. The maximum absolute atomic E-state index is 10.3. The average molecular weight is 156 g/mol. The molecule has 0 aliphatic carbocycles. The van der Waals surface area contributed by atoms with Gasteiger partial charge in [-0.1, -0.05) is 0 Å². The van der Waals surface area contributed by atoms with Crippen LogP contribution in [-0.4, -0.2) is 29.3 Å². The van der Waals surface area contributed by atoms with Crippen LogP contribution in [0.3, 0.4) is 0 Å². The van der Waals surface area contributed by atoms with Crippen LogP contribution < -0.4 is 10.6 Å². The summed E-state index contributed by atoms with van der Waals surface area (Å²) in [5.41, 5.74) is 0. The third-order valence-corrected chi connectivity index (χ3v) is 2.61. The molecule has 2 saturated heterocycles. The number of fused-ring (bicyclic) bond motifs is 2. The van der Waals surface area contributed by atoms with Gasteiger partial charge in [0.15, 0.2) is 0 Å². The molecule has 0 aromatic rings. The van der Waals surface area contributed by atoms with Crippen LogP contribution in [0.1, 0.15) is 19.3 Å². The van der Waals surface area contributed by atoms with Gasteiger partial charge in [0, 0.05) is 18.1 Å². The lowest BCUT2D eigenvalue weighted by atomic mass is 9.96. The molecule has 0 spiro atoms. The van der Waals surface area contributed by atoms with Crippen LogP contribution in [0.15, 0.2) is 0 Å². The Hall–Kier alpha value is -0.770. The van der Waals surface area contributed by atoms with Crippen LogP contribution in [0.4, 0.5) is 4.79 Å². The van der Waals surface area contributed by atoms with E-state index in [0.717, 1.165) is 12.8 Å². The highest BCUT2D eigenvalue weighted by molar-refractivity contribution is 5.65. The Balaban J connectivity index is 1.92. The average Bonchev–Trinajstić information content (AvgIpc) is 2.45. The zero-order chi connectivity index (χ0) is 7.84. The van der Waals surface area contributed by atoms with E-state index in [4.69, 9.17) is 5.11 Å². The molecule has 0 radical (unpaired) electrons. The van der Waals surface area contributed by atoms with Crippen LogP contribution in [0.2, 0.25) is 0 Å². The molecular weight excluding hydrogens is 144 g/mol. The molecule has 2 rings (SSSR count). The highest BCUT2D eigenvalue weighted by Gasteiger charge is 2.39. The predicted octanol–water partition coefficient (Wildman–Crippen LogP) is 0.147. The minimum Gasteiger partial charge on any atom is -0.465 e. The summed E-state index contributed by atoms with van der Waals surface area (Å²) in [6, 6.07) is 1.12. The van der Waals surface area contributed by atoms with Crippen LogP contribution in [0.25, 0.3) is 0 Å². The van der Waals surface area contributed by atoms with Gasteiger partial charge in [0.1, 0.15) is 0 Å². The molecule has 2 bridgehead atoms. The van der Waals surface area contributed by atoms with Crippen molar-refractivity contribution in [2.24, 2.45) is 0 Å². The lowest BCUT2D eigenvalue weighted by Gasteiger charge is -2.19. The van der Waals surface area contributed by atoms with Gasteiger partial charge in [-0.25, -0.2) is 4.79 Å². The van der Waals surface area contributed by atoms with Gasteiger partial charge in [-0.2, -0.15) is 0 Å². The van der Waals surface area contributed by atoms with Crippen molar-refractivity contribution in [1.82, 2.24) is 10.6 Å². The van der Waals surface area contributed by atoms with Gasteiger partial charge < -0.3 is 15.7 Å². The number of hydrogen-bond donors (Lipinski definition) is 3. The number of hydrogen-bond acceptors (Lipinski definition) is 2. The molecule has 62 valence electrons. The molecule has 3 N–H and O–H groups in total. The van der Waals surface area contributed by atoms with Gasteiger partial charge in [-0.15, -0.1) is 0 Å². The first-order valence-corrected chi connectivity index (χ1v) is 4.01. The number of amides is 1. The molecule has 0 saturated carbocycles. The van der Waals surface area contributed by atoms with Crippen molar-refractivity contribution in [3.8, 4) is 0 Å². The van der Waals surface area contributed by atoms with Crippen molar-refractivity contribution in [2.75, 3.05) is 0 Å². The second-order valence-corrected chi connectivity index (χ2v) is 3.34. The van der Waals surface area contributed by atoms with E-state index in [1.54, 1.807) is 0 Å². The lowest BCUT2D eigenvalue weighted by molar-refractivity contribution is 0.187. The van der Waals surface area contributed by atoms with Crippen LogP contribution >= 0.6 is 0 Å². The minimum absolute atomic E-state index is 0.159. The molecule has 0 aromatic heterocycles. The van der Waals surface area contributed by atoms with Crippen molar-refractivity contribution in [3.63, 3.8) is 0 Å². The fourth-order valence-electron chi connectivity index (χ4n) is 2.14. The molecule has 3 atom stereocenters. The monoisotopic (exact) mass is 156 g/mol. The van der Waals surface area contributed by atoms with Gasteiger partial charge in [0.25, 0.3) is 0 Å². The van der Waals surface area contributed by atoms with Gasteiger partial charge in [-0.05, 0) is 19.3 Å². The Labute approximate surface area is 65.0 Å². The number of rotatable bonds is 1. The molecule has 2 aliphatic heterocycles. The SMILES string of the molecule is O=C(O)N[C@@H]1C[C@@H]2CC[C@H]1N2. The summed E-state index contributed by atoms with van der Waals surface area (Å²) < 4.78 is 0. The molecule has 4 heteroatoms. The summed E-state index contributed by atoms with van der Waals surface area (Å²) in [6.45, 7) is 0. The van der Waals surface area contributed by atoms with E-state index in [2.05, 4.69) is 10.6 Å². The van der Waals surface area contributed by atoms with Crippen molar-refractivity contribution in [3.05, 3.63) is 0 Å². The van der Waals surface area contributed by atoms with Gasteiger partial charge in [0.2, 0.25) is 0 Å². The molecule has 0 unspecified atom stereocenters. The summed E-state index contributed by atoms with van der Waals surface area (Å²) in [7, 11) is 0. The summed E-state index contributed by atoms with van der Waals surface area (Å²) in [5, 5.41) is 14.3. The smallest absolute Gasteiger partial charge is 0.404 e. The fourth-order valence-corrected chi connectivity index (χ4v) is 2.14. The number of nitrogens with one attached hydrogen (secondary N) is 2. The molecule has 11 heavy (non-hydrogen) atoms. The standard InChI is InChI=1S/C7H12N2O2/c10-7(11)9-6-3-4-1-2-5(6)8-4/h4-6,8-9H,1-3H2,(H,10,11)/t4-,5+,6+/m0/s1. The highest BCUT2D eigenvalue weighted by Crippen LogP contribution is 2.27. The minimum atomic E-state index is -0.899. The number of carboxylic acid groups (broad SMARTS) is 1. The highest BCUT2D eigenvalue weighted by atomic mass is 16.4. The van der Waals surface area contributed by atoms with E-state index in [0.29, 0.717) is 12.1 Å². The van der Waals surface area contributed by atoms with Crippen molar-refractivity contribution < 1.29 is 9.90 Å². The topological polar surface area (TPSA) is 61.4 Å². The molecule has 2 fully saturated rings. The van der Waals surface area contributed by atoms with Gasteiger partial charge in [-0.3, -0.25) is 0 Å². The first-order valence-electron chi connectivity index (χ1n) is 4.01. The van der Waals surface area contributed by atoms with Crippen LogP contribution in [0, 0.1) is 0 Å². The molecule has 4 nitrogen and oxygen atoms in total. The van der Waals surface area contributed by atoms with Crippen LogP contribution in [-0.2, 0) is 0 Å². The largest absolute Gasteiger partial charge is 0.465 e. The summed E-state index contributed by atoms with van der Waals surface area (Å²) in [5.74, 6) is 0. The third-order valence-electron chi connectivity index (χ3n) is 2.61. The van der Waals surface area contributed by atoms with Crippen LogP contribution in [0.5, 0.6) is 0 Å². The quantitative estimate of drug-likeness (QED) is 0.506. The summed E-state index contributed by atoms with van der Waals surface area (Å²) >= 11 is 0. The Kier molecular flexibility index (Phi) is 1.49. The Bertz CT molecular complexity index is 183. The van der Waals surface area contributed by atoms with E-state index in [1.165, 1.54) is 6.42 Å². The summed E-state index contributed by atoms with van der Waals surface area (Å²) in [4.78, 5) is 10.3. The Morgan fingerprint density at radius 1 is 1.55 bits per heavy atom. The zero-order valence-corrected chi connectivity index (χ0v) is 6.21. The summed E-state index contributed by atoms with van der Waals surface area (Å²) in [6.07, 6.45) is 2.40. The van der Waals surface area contributed by atoms with E-state index >= 15 is 0 Å². The molecule has 0 aromatic carbocycles. The molecule has 2 heterocycles. The second-order valence-electron chi connectivity index (χ2n) is 3.34. The van der Waals surface area contributed by atoms with E-state index < -0.39 is 6.09 Å². The molecule has 2 aliphatic rings. The Morgan fingerprint density at radius 3 is 2.82 bits per heavy atom. The Morgan fingerprint density at radius 2 is 2.36 bits per heavy atom. The van der Waals surface area contributed by atoms with E-state index in [-0.39, 0.29) is 6.04 Å². The third kappa shape index (κ3) is 1.18. The lowest BCUT2D eigenvalue weighted by Crippen LogP contribution is -2.42. The molecule has 1 amide bonds. The van der Waals surface area contributed by atoms with Crippen molar-refractivity contribution in [1.29, 1.82) is 0 Å². The van der Waals surface area contributed by atoms with Crippen molar-refractivity contribution >= 4 is 6.09 Å². The predicted molar refractivity (Wildman–Crippen MR) is 39.5 cm³/mol. The maximum Gasteiger partial charge on any atom is 0.404 e. The fraction of sp³-hybridized carbons (Fsp3) is 0.857. The first-order chi connectivity index (χ1) is 5.25. The normalized spacial score (nSPS) is 40.9. The second kappa shape index (κ2) is 2.37. The van der Waals surface area contributed by atoms with E-state index in [1.807, 2.05) is 0 Å². The van der Waals surface area contributed by atoms with Gasteiger partial charge in [0.05, 0.1) is 0 Å². The number of carbonyl (C=O) groups is 1. The molecular formula is C7H12N2O2. The zero-order valence-electron chi connectivity index (χ0n) is 6.21. The van der Waals surface area contributed by atoms with Gasteiger partial charge >= 0.3 is 6.09 Å².